The number of hydrogen-bond donors (Lipinski definition) is 2. The summed E-state index contributed by atoms with van der Waals surface area (Å²) >= 11 is 1.75. The lowest BCUT2D eigenvalue weighted by Gasteiger charge is -2.09. The van der Waals surface area contributed by atoms with Gasteiger partial charge < -0.3 is 10.3 Å². The molecule has 0 aliphatic carbocycles. The van der Waals surface area contributed by atoms with E-state index in [1.165, 1.54) is 10.4 Å². The van der Waals surface area contributed by atoms with Crippen molar-refractivity contribution in [1.82, 2.24) is 15.3 Å². The van der Waals surface area contributed by atoms with E-state index in [1.807, 2.05) is 18.6 Å². The molecule has 15 heavy (non-hydrogen) atoms. The second kappa shape index (κ2) is 4.59. The zero-order valence-corrected chi connectivity index (χ0v) is 9.77. The van der Waals surface area contributed by atoms with E-state index in [2.05, 4.69) is 35.2 Å². The molecule has 1 atom stereocenters. The van der Waals surface area contributed by atoms with Crippen LogP contribution in [-0.2, 0) is 6.54 Å². The minimum absolute atomic E-state index is 0.318. The number of H-pyrrole nitrogens is 1. The maximum Gasteiger partial charge on any atom is 0.109 e. The monoisotopic (exact) mass is 221 g/mol. The molecule has 1 unspecified atom stereocenters. The molecule has 2 rings (SSSR count). The molecule has 0 fully saturated rings. The van der Waals surface area contributed by atoms with Crippen LogP contribution in [0.2, 0.25) is 0 Å². The predicted octanol–water partition coefficient (Wildman–Crippen LogP) is 2.63. The van der Waals surface area contributed by atoms with Crippen LogP contribution >= 0.6 is 11.3 Å². The van der Waals surface area contributed by atoms with Crippen LogP contribution in [0.3, 0.4) is 0 Å². The lowest BCUT2D eigenvalue weighted by Crippen LogP contribution is -2.17. The molecule has 2 heterocycles. The first-order valence-electron chi connectivity index (χ1n) is 5.03. The maximum absolute atomic E-state index is 4.36. The van der Waals surface area contributed by atoms with Crippen molar-refractivity contribution in [3.63, 3.8) is 0 Å². The Kier molecular flexibility index (Phi) is 3.18. The molecular weight excluding hydrogens is 206 g/mol. The SMILES string of the molecule is Cc1cnc(C(C)NCc2cc[nH]c2)s1. The van der Waals surface area contributed by atoms with Crippen LogP contribution in [-0.4, -0.2) is 9.97 Å². The van der Waals surface area contributed by atoms with Gasteiger partial charge >= 0.3 is 0 Å². The highest BCUT2D eigenvalue weighted by molar-refractivity contribution is 7.11. The largest absolute Gasteiger partial charge is 0.367 e. The molecule has 0 bridgehead atoms. The average Bonchev–Trinajstić information content (AvgIpc) is 2.84. The summed E-state index contributed by atoms with van der Waals surface area (Å²) in [5.74, 6) is 0. The number of nitrogens with one attached hydrogen (secondary N) is 2. The number of aromatic nitrogens is 2. The van der Waals surface area contributed by atoms with E-state index in [-0.39, 0.29) is 0 Å². The van der Waals surface area contributed by atoms with E-state index in [4.69, 9.17) is 0 Å². The molecule has 2 aromatic heterocycles. The smallest absolute Gasteiger partial charge is 0.109 e. The summed E-state index contributed by atoms with van der Waals surface area (Å²) in [6.45, 7) is 5.11. The topological polar surface area (TPSA) is 40.7 Å². The van der Waals surface area contributed by atoms with Gasteiger partial charge in [0.1, 0.15) is 5.01 Å². The molecule has 0 saturated heterocycles. The highest BCUT2D eigenvalue weighted by Crippen LogP contribution is 2.19. The van der Waals surface area contributed by atoms with Crippen LogP contribution in [0.5, 0.6) is 0 Å². The van der Waals surface area contributed by atoms with Crippen LogP contribution < -0.4 is 5.32 Å². The van der Waals surface area contributed by atoms with Crippen molar-refractivity contribution in [3.8, 4) is 0 Å². The van der Waals surface area contributed by atoms with Gasteiger partial charge in [0.05, 0.1) is 6.04 Å². The summed E-state index contributed by atoms with van der Waals surface area (Å²) in [7, 11) is 0. The quantitative estimate of drug-likeness (QED) is 0.833. The third-order valence-corrected chi connectivity index (χ3v) is 3.38. The molecule has 0 aromatic carbocycles. The predicted molar refractivity (Wildman–Crippen MR) is 62.9 cm³/mol. The molecule has 2 aromatic rings. The molecule has 3 nitrogen and oxygen atoms in total. The summed E-state index contributed by atoms with van der Waals surface area (Å²) in [5, 5.41) is 4.60. The van der Waals surface area contributed by atoms with Gasteiger partial charge in [0.2, 0.25) is 0 Å². The highest BCUT2D eigenvalue weighted by Gasteiger charge is 2.08. The lowest BCUT2D eigenvalue weighted by atomic mass is 10.3. The van der Waals surface area contributed by atoms with E-state index < -0.39 is 0 Å². The van der Waals surface area contributed by atoms with Gasteiger partial charge in [-0.1, -0.05) is 0 Å². The second-order valence-electron chi connectivity index (χ2n) is 3.63. The van der Waals surface area contributed by atoms with Gasteiger partial charge in [-0.2, -0.15) is 0 Å². The summed E-state index contributed by atoms with van der Waals surface area (Å²) < 4.78 is 0. The number of aromatic amines is 1. The van der Waals surface area contributed by atoms with Crippen LogP contribution in [0, 0.1) is 6.92 Å². The van der Waals surface area contributed by atoms with Crippen molar-refractivity contribution in [1.29, 1.82) is 0 Å². The number of thiazole rings is 1. The number of rotatable bonds is 4. The first-order valence-corrected chi connectivity index (χ1v) is 5.85. The fraction of sp³-hybridized carbons (Fsp3) is 0.364. The third kappa shape index (κ3) is 2.67. The molecule has 4 heteroatoms. The van der Waals surface area contributed by atoms with Gasteiger partial charge in [-0.05, 0) is 25.5 Å². The third-order valence-electron chi connectivity index (χ3n) is 2.28. The van der Waals surface area contributed by atoms with Gasteiger partial charge in [-0.3, -0.25) is 0 Å². The Bertz CT molecular complexity index is 405. The maximum atomic E-state index is 4.36. The summed E-state index contributed by atoms with van der Waals surface area (Å²) in [5.41, 5.74) is 1.27. The van der Waals surface area contributed by atoms with Crippen LogP contribution in [0.25, 0.3) is 0 Å². The van der Waals surface area contributed by atoms with E-state index >= 15 is 0 Å². The van der Waals surface area contributed by atoms with Crippen molar-refractivity contribution in [2.45, 2.75) is 26.4 Å². The minimum atomic E-state index is 0.318. The molecule has 0 aliphatic heterocycles. The van der Waals surface area contributed by atoms with Crippen molar-refractivity contribution in [2.24, 2.45) is 0 Å². The van der Waals surface area contributed by atoms with Crippen molar-refractivity contribution in [2.75, 3.05) is 0 Å². The molecular formula is C11H15N3S. The van der Waals surface area contributed by atoms with Crippen LogP contribution in [0.1, 0.15) is 28.4 Å². The van der Waals surface area contributed by atoms with Crippen molar-refractivity contribution in [3.05, 3.63) is 40.1 Å². The van der Waals surface area contributed by atoms with Gasteiger partial charge in [-0.25, -0.2) is 4.98 Å². The number of hydrogen-bond acceptors (Lipinski definition) is 3. The Balaban J connectivity index is 1.90. The molecule has 0 spiro atoms. The Hall–Kier alpha value is -1.13. The van der Waals surface area contributed by atoms with E-state index in [9.17, 15) is 0 Å². The van der Waals surface area contributed by atoms with Gasteiger partial charge in [0.15, 0.2) is 0 Å². The number of nitrogens with zero attached hydrogens (tertiary/aromatic N) is 1. The fourth-order valence-electron chi connectivity index (χ4n) is 1.40. The van der Waals surface area contributed by atoms with Gasteiger partial charge in [0.25, 0.3) is 0 Å². The summed E-state index contributed by atoms with van der Waals surface area (Å²) in [6, 6.07) is 2.39. The standard InChI is InChI=1S/C11H15N3S/c1-8-5-14-11(15-8)9(2)13-7-10-3-4-12-6-10/h3-6,9,12-13H,7H2,1-2H3. The molecule has 0 amide bonds. The van der Waals surface area contributed by atoms with E-state index in [0.717, 1.165) is 11.6 Å². The van der Waals surface area contributed by atoms with Gasteiger partial charge in [0, 0.05) is 30.0 Å². The van der Waals surface area contributed by atoms with E-state index in [0.29, 0.717) is 6.04 Å². The molecule has 80 valence electrons. The fourth-order valence-corrected chi connectivity index (χ4v) is 2.20. The lowest BCUT2D eigenvalue weighted by molar-refractivity contribution is 0.572. The van der Waals surface area contributed by atoms with Crippen LogP contribution in [0.15, 0.2) is 24.7 Å². The summed E-state index contributed by atoms with van der Waals surface area (Å²) in [6.07, 6.45) is 5.87. The Morgan fingerprint density at radius 2 is 2.47 bits per heavy atom. The Morgan fingerprint density at radius 1 is 1.60 bits per heavy atom. The normalized spacial score (nSPS) is 12.9. The average molecular weight is 221 g/mol. The zero-order valence-electron chi connectivity index (χ0n) is 8.95. The first-order chi connectivity index (χ1) is 7.25. The Morgan fingerprint density at radius 3 is 3.07 bits per heavy atom. The number of aryl methyl sites for hydroxylation is 1. The van der Waals surface area contributed by atoms with Crippen molar-refractivity contribution < 1.29 is 0 Å². The summed E-state index contributed by atoms with van der Waals surface area (Å²) in [4.78, 5) is 8.67. The van der Waals surface area contributed by atoms with Crippen molar-refractivity contribution >= 4 is 11.3 Å². The molecule has 2 N–H and O–H groups in total. The van der Waals surface area contributed by atoms with Gasteiger partial charge in [-0.15, -0.1) is 11.3 Å². The minimum Gasteiger partial charge on any atom is -0.367 e. The highest BCUT2D eigenvalue weighted by atomic mass is 32.1. The molecule has 0 radical (unpaired) electrons. The Labute approximate surface area is 93.6 Å². The van der Waals surface area contributed by atoms with Crippen LogP contribution in [0.4, 0.5) is 0 Å². The first kappa shape index (κ1) is 10.4. The molecule has 0 saturated carbocycles. The van der Waals surface area contributed by atoms with E-state index in [1.54, 1.807) is 11.3 Å². The molecule has 0 aliphatic rings. The zero-order chi connectivity index (χ0) is 10.7. The second-order valence-corrected chi connectivity index (χ2v) is 4.90.